The third-order valence-corrected chi connectivity index (χ3v) is 3.79. The van der Waals surface area contributed by atoms with Gasteiger partial charge in [0.2, 0.25) is 23.5 Å². The molecule has 1 aromatic heterocycles. The smallest absolute Gasteiger partial charge is 0.243 e. The van der Waals surface area contributed by atoms with Gasteiger partial charge < -0.3 is 15.2 Å². The lowest BCUT2D eigenvalue weighted by Crippen LogP contribution is -2.33. The van der Waals surface area contributed by atoms with Crippen molar-refractivity contribution in [3.05, 3.63) is 65.8 Å². The minimum absolute atomic E-state index is 0.0104. The second kappa shape index (κ2) is 9.00. The summed E-state index contributed by atoms with van der Waals surface area (Å²) in [5, 5.41) is 8.50. The van der Waals surface area contributed by atoms with E-state index in [-0.39, 0.29) is 42.6 Å². The van der Waals surface area contributed by atoms with Gasteiger partial charge >= 0.3 is 0 Å². The maximum Gasteiger partial charge on any atom is 0.243 e. The Morgan fingerprint density at radius 1 is 0.966 bits per heavy atom. The molecule has 2 amide bonds. The van der Waals surface area contributed by atoms with Crippen LogP contribution in [0.4, 0.5) is 18.9 Å². The molecule has 0 bridgehead atoms. The molecule has 0 radical (unpaired) electrons. The third kappa shape index (κ3) is 5.64. The average Bonchev–Trinajstić information content (AvgIpc) is 3.17. The van der Waals surface area contributed by atoms with Gasteiger partial charge in [0.25, 0.3) is 0 Å². The molecule has 0 spiro atoms. The van der Waals surface area contributed by atoms with Crippen LogP contribution in [0.1, 0.15) is 12.3 Å². The number of carbonyl (C=O) groups excluding carboxylic acids is 2. The van der Waals surface area contributed by atoms with Crippen LogP contribution in [0, 0.1) is 17.5 Å². The summed E-state index contributed by atoms with van der Waals surface area (Å²) >= 11 is 0. The van der Waals surface area contributed by atoms with E-state index in [0.29, 0.717) is 5.56 Å². The van der Waals surface area contributed by atoms with Gasteiger partial charge in [0, 0.05) is 30.2 Å². The number of rotatable bonds is 7. The molecule has 3 aromatic rings. The molecule has 29 heavy (non-hydrogen) atoms. The number of hydrogen-bond donors (Lipinski definition) is 2. The third-order valence-electron chi connectivity index (χ3n) is 3.79. The second-order valence-corrected chi connectivity index (χ2v) is 5.97. The van der Waals surface area contributed by atoms with Crippen molar-refractivity contribution in [2.24, 2.45) is 0 Å². The summed E-state index contributed by atoms with van der Waals surface area (Å²) in [5.74, 6) is -3.06. The van der Waals surface area contributed by atoms with E-state index in [1.54, 1.807) is 0 Å². The Balaban J connectivity index is 1.43. The second-order valence-electron chi connectivity index (χ2n) is 5.97. The van der Waals surface area contributed by atoms with Crippen LogP contribution in [0.5, 0.6) is 0 Å². The number of amides is 2. The van der Waals surface area contributed by atoms with Crippen LogP contribution < -0.4 is 10.6 Å². The molecule has 0 aliphatic carbocycles. The molecule has 3 rings (SSSR count). The molecule has 0 aliphatic heterocycles. The first kappa shape index (κ1) is 20.1. The van der Waals surface area contributed by atoms with Gasteiger partial charge in [-0.3, -0.25) is 9.59 Å². The Morgan fingerprint density at radius 2 is 1.72 bits per heavy atom. The first-order chi connectivity index (χ1) is 13.9. The van der Waals surface area contributed by atoms with Crippen molar-refractivity contribution < 1.29 is 27.3 Å². The monoisotopic (exact) mass is 404 g/mol. The van der Waals surface area contributed by atoms with Crippen molar-refractivity contribution in [3.63, 3.8) is 0 Å². The van der Waals surface area contributed by atoms with Gasteiger partial charge in [-0.15, -0.1) is 0 Å². The summed E-state index contributed by atoms with van der Waals surface area (Å²) in [6.07, 6.45) is 0.133. The fourth-order valence-electron chi connectivity index (χ4n) is 2.34. The van der Waals surface area contributed by atoms with Crippen molar-refractivity contribution in [1.82, 2.24) is 15.5 Å². The van der Waals surface area contributed by atoms with Gasteiger partial charge in [0.1, 0.15) is 5.82 Å². The minimum atomic E-state index is -1.09. The standard InChI is InChI=1S/C19H15F3N4O3/c20-12-3-1-11(2-4-12)19-25-18(29-26-19)8-7-16(27)23-10-17(28)24-13-5-6-14(21)15(22)9-13/h1-6,9H,7-8,10H2,(H,23,27)(H,24,28). The molecular formula is C19H15F3N4O3. The number of nitrogens with one attached hydrogen (secondary N) is 2. The highest BCUT2D eigenvalue weighted by Gasteiger charge is 2.12. The van der Waals surface area contributed by atoms with E-state index in [9.17, 15) is 22.8 Å². The maximum absolute atomic E-state index is 13.1. The van der Waals surface area contributed by atoms with E-state index >= 15 is 0 Å². The first-order valence-corrected chi connectivity index (χ1v) is 8.51. The lowest BCUT2D eigenvalue weighted by molar-refractivity contribution is -0.124. The zero-order valence-corrected chi connectivity index (χ0v) is 14.9. The summed E-state index contributed by atoms with van der Waals surface area (Å²) in [5.41, 5.74) is 0.641. The molecule has 1 heterocycles. The summed E-state index contributed by atoms with van der Waals surface area (Å²) in [7, 11) is 0. The molecule has 0 unspecified atom stereocenters. The van der Waals surface area contributed by atoms with E-state index in [1.807, 2.05) is 0 Å². The van der Waals surface area contributed by atoms with Crippen molar-refractivity contribution >= 4 is 17.5 Å². The number of carbonyl (C=O) groups is 2. The van der Waals surface area contributed by atoms with Crippen LogP contribution in [0.2, 0.25) is 0 Å². The molecular weight excluding hydrogens is 389 g/mol. The number of benzene rings is 2. The van der Waals surface area contributed by atoms with Gasteiger partial charge in [0.15, 0.2) is 11.6 Å². The molecule has 2 N–H and O–H groups in total. The summed E-state index contributed by atoms with van der Waals surface area (Å²) < 4.78 is 43.9. The number of aryl methyl sites for hydroxylation is 1. The fourth-order valence-corrected chi connectivity index (χ4v) is 2.34. The molecule has 2 aromatic carbocycles. The summed E-state index contributed by atoms with van der Waals surface area (Å²) in [6, 6.07) is 8.46. The average molecular weight is 404 g/mol. The van der Waals surface area contributed by atoms with E-state index in [1.165, 1.54) is 30.3 Å². The number of hydrogen-bond acceptors (Lipinski definition) is 5. The lowest BCUT2D eigenvalue weighted by atomic mass is 10.2. The van der Waals surface area contributed by atoms with E-state index in [0.717, 1.165) is 12.1 Å². The molecule has 0 saturated carbocycles. The number of aromatic nitrogens is 2. The number of anilines is 1. The van der Waals surface area contributed by atoms with Crippen LogP contribution in [-0.2, 0) is 16.0 Å². The molecule has 10 heteroatoms. The van der Waals surface area contributed by atoms with Crippen LogP contribution in [0.3, 0.4) is 0 Å². The number of halogens is 3. The van der Waals surface area contributed by atoms with E-state index in [2.05, 4.69) is 20.8 Å². The number of nitrogens with zero attached hydrogens (tertiary/aromatic N) is 2. The summed E-state index contributed by atoms with van der Waals surface area (Å²) in [6.45, 7) is -0.345. The maximum atomic E-state index is 13.1. The molecule has 0 aliphatic rings. The topological polar surface area (TPSA) is 97.1 Å². The van der Waals surface area contributed by atoms with Gasteiger partial charge in [0.05, 0.1) is 6.54 Å². The quantitative estimate of drug-likeness (QED) is 0.631. The van der Waals surface area contributed by atoms with Crippen LogP contribution in [0.15, 0.2) is 47.0 Å². The van der Waals surface area contributed by atoms with Gasteiger partial charge in [-0.2, -0.15) is 4.98 Å². The SMILES string of the molecule is O=C(CCc1nc(-c2ccc(F)cc2)no1)NCC(=O)Nc1ccc(F)c(F)c1. The Hall–Kier alpha value is -3.69. The molecule has 7 nitrogen and oxygen atoms in total. The Morgan fingerprint density at radius 3 is 2.45 bits per heavy atom. The highest BCUT2D eigenvalue weighted by molar-refractivity contribution is 5.94. The molecule has 150 valence electrons. The largest absolute Gasteiger partial charge is 0.347 e. The predicted octanol–water partition coefficient (Wildman–Crippen LogP) is 2.84. The first-order valence-electron chi connectivity index (χ1n) is 8.51. The highest BCUT2D eigenvalue weighted by Crippen LogP contribution is 2.16. The normalized spacial score (nSPS) is 10.6. The Kier molecular flexibility index (Phi) is 6.22. The lowest BCUT2D eigenvalue weighted by Gasteiger charge is -2.07. The Labute approximate surface area is 162 Å². The van der Waals surface area contributed by atoms with Crippen LogP contribution in [-0.4, -0.2) is 28.5 Å². The Bertz CT molecular complexity index is 1020. The van der Waals surface area contributed by atoms with Crippen molar-refractivity contribution in [2.45, 2.75) is 12.8 Å². The van der Waals surface area contributed by atoms with Crippen LogP contribution >= 0.6 is 0 Å². The highest BCUT2D eigenvalue weighted by atomic mass is 19.2. The fraction of sp³-hybridized carbons (Fsp3) is 0.158. The molecule has 0 fully saturated rings. The predicted molar refractivity (Wildman–Crippen MR) is 96.0 cm³/mol. The van der Waals surface area contributed by atoms with Crippen molar-refractivity contribution in [1.29, 1.82) is 0 Å². The molecule has 0 saturated heterocycles. The van der Waals surface area contributed by atoms with Crippen molar-refractivity contribution in [2.75, 3.05) is 11.9 Å². The minimum Gasteiger partial charge on any atom is -0.347 e. The zero-order chi connectivity index (χ0) is 20.8. The summed E-state index contributed by atoms with van der Waals surface area (Å²) in [4.78, 5) is 27.7. The van der Waals surface area contributed by atoms with E-state index < -0.39 is 23.4 Å². The van der Waals surface area contributed by atoms with Gasteiger partial charge in [-0.1, -0.05) is 5.16 Å². The van der Waals surface area contributed by atoms with Crippen molar-refractivity contribution in [3.8, 4) is 11.4 Å². The zero-order valence-electron chi connectivity index (χ0n) is 14.9. The van der Waals surface area contributed by atoms with Crippen LogP contribution in [0.25, 0.3) is 11.4 Å². The van der Waals surface area contributed by atoms with E-state index in [4.69, 9.17) is 4.52 Å². The molecule has 0 atom stereocenters. The van der Waals surface area contributed by atoms with Gasteiger partial charge in [-0.05, 0) is 36.4 Å². The van der Waals surface area contributed by atoms with Gasteiger partial charge in [-0.25, -0.2) is 13.2 Å².